The standard InChI is InChI=1S/2C10H16O4.2C8H18.Sn/c2*1-2-3-4-5-8-14-10(13)7-6-9(11)12;2*1-3-5-7-8-6-4-2;/h2*6-7H,2-5,8H2,1H3,(H,11,12);2*3-8H2,1-2H3;/q;;;;+2/p-2/b2*7-6-;;;. The van der Waals surface area contributed by atoms with Gasteiger partial charge in [0.25, 0.3) is 0 Å². The van der Waals surface area contributed by atoms with Gasteiger partial charge in [-0.3, -0.25) is 0 Å². The second-order valence-corrected chi connectivity index (χ2v) is 10.6. The van der Waals surface area contributed by atoms with E-state index in [4.69, 9.17) is 9.47 Å². The number of unbranched alkanes of at least 4 members (excludes halogenated alkanes) is 16. The van der Waals surface area contributed by atoms with E-state index >= 15 is 0 Å². The zero-order valence-corrected chi connectivity index (χ0v) is 32.5. The zero-order valence-electron chi connectivity index (χ0n) is 29.6. The summed E-state index contributed by atoms with van der Waals surface area (Å²) in [6, 6.07) is 0. The SMILES string of the molecule is CCCCCCCC.CCCCCCCC.CCCCCCOC(=O)/C=C\C(=O)[O-].CCCCCCOC(=O)/C=C\C(=O)[O-].[Sn+2]. The van der Waals surface area contributed by atoms with Crippen LogP contribution in [0.4, 0.5) is 0 Å². The number of hydrogen-bond donors (Lipinski definition) is 0. The molecule has 0 aromatic rings. The minimum Gasteiger partial charge on any atom is -0.545 e. The van der Waals surface area contributed by atoms with E-state index in [0.717, 1.165) is 63.5 Å². The summed E-state index contributed by atoms with van der Waals surface area (Å²) in [5.74, 6) is -4.06. The summed E-state index contributed by atoms with van der Waals surface area (Å²) < 4.78 is 9.44. The molecule has 0 aliphatic carbocycles. The van der Waals surface area contributed by atoms with E-state index in [1.54, 1.807) is 0 Å². The molecule has 45 heavy (non-hydrogen) atoms. The summed E-state index contributed by atoms with van der Waals surface area (Å²) in [6.07, 6.45) is 28.2. The van der Waals surface area contributed by atoms with Crippen LogP contribution >= 0.6 is 0 Å². The molecule has 0 N–H and O–H groups in total. The Bertz CT molecular complexity index is 623. The summed E-state index contributed by atoms with van der Waals surface area (Å²) >= 11 is 0. The van der Waals surface area contributed by atoms with Gasteiger partial charge in [0, 0.05) is 12.2 Å². The second kappa shape index (κ2) is 49.0. The van der Waals surface area contributed by atoms with Gasteiger partial charge in [-0.2, -0.15) is 0 Å². The largest absolute Gasteiger partial charge is 2.00 e. The first-order chi connectivity index (χ1) is 21.2. The van der Waals surface area contributed by atoms with Crippen LogP contribution in [0.15, 0.2) is 24.3 Å². The third kappa shape index (κ3) is 65.7. The summed E-state index contributed by atoms with van der Waals surface area (Å²) in [5, 5.41) is 19.8. The number of hydrogen-bond acceptors (Lipinski definition) is 8. The third-order valence-electron chi connectivity index (χ3n) is 6.11. The van der Waals surface area contributed by atoms with Crippen LogP contribution in [-0.4, -0.2) is 61.0 Å². The molecule has 0 aliphatic heterocycles. The molecule has 0 heterocycles. The van der Waals surface area contributed by atoms with Gasteiger partial charge in [-0.05, 0) is 25.0 Å². The topological polar surface area (TPSA) is 133 Å². The minimum absolute atomic E-state index is 0. The number of ether oxygens (including phenoxy) is 2. The minimum atomic E-state index is -1.40. The van der Waals surface area contributed by atoms with Crippen LogP contribution in [0, 0.1) is 0 Å². The van der Waals surface area contributed by atoms with E-state index in [1.165, 1.54) is 77.0 Å². The van der Waals surface area contributed by atoms with Crippen LogP contribution in [0.2, 0.25) is 0 Å². The van der Waals surface area contributed by atoms with Crippen molar-refractivity contribution < 1.29 is 38.9 Å². The van der Waals surface area contributed by atoms with Crippen molar-refractivity contribution in [2.45, 2.75) is 170 Å². The van der Waals surface area contributed by atoms with Crippen LogP contribution in [0.5, 0.6) is 0 Å². The number of carbonyl (C=O) groups excluding carboxylic acids is 4. The van der Waals surface area contributed by atoms with Crippen LogP contribution in [0.1, 0.15) is 170 Å². The Labute approximate surface area is 293 Å². The molecule has 0 fully saturated rings. The van der Waals surface area contributed by atoms with Gasteiger partial charge >= 0.3 is 35.8 Å². The van der Waals surface area contributed by atoms with E-state index in [9.17, 15) is 29.4 Å². The number of aliphatic carboxylic acids is 2. The Hall–Kier alpha value is -1.84. The first kappa shape index (κ1) is 52.7. The molecule has 2 radical (unpaired) electrons. The molecule has 0 aliphatic rings. The molecule has 0 aromatic heterocycles. The predicted octanol–water partition coefficient (Wildman–Crippen LogP) is 7.18. The van der Waals surface area contributed by atoms with Gasteiger partial charge in [-0.25, -0.2) is 9.59 Å². The van der Waals surface area contributed by atoms with E-state index in [0.29, 0.717) is 25.4 Å². The smallest absolute Gasteiger partial charge is 0.545 e. The van der Waals surface area contributed by atoms with Crippen LogP contribution < -0.4 is 10.2 Å². The maximum Gasteiger partial charge on any atom is 2.00 e. The Morgan fingerprint density at radius 1 is 0.400 bits per heavy atom. The van der Waals surface area contributed by atoms with Crippen molar-refractivity contribution in [1.29, 1.82) is 0 Å². The number of carboxylic acid groups (broad SMARTS) is 2. The van der Waals surface area contributed by atoms with E-state index < -0.39 is 23.9 Å². The molecule has 0 aromatic carbocycles. The monoisotopic (exact) mass is 746 g/mol. The number of carboxylic acids is 2. The fourth-order valence-corrected chi connectivity index (χ4v) is 3.48. The molecule has 0 amide bonds. The molecular weight excluding hydrogens is 679 g/mol. The molecule has 9 heteroatoms. The van der Waals surface area contributed by atoms with Crippen LogP contribution in [0.25, 0.3) is 0 Å². The van der Waals surface area contributed by atoms with E-state index in [2.05, 4.69) is 41.5 Å². The Morgan fingerprint density at radius 3 is 0.822 bits per heavy atom. The molecule has 0 saturated heterocycles. The molecular formula is C36H66O8Sn. The summed E-state index contributed by atoms with van der Waals surface area (Å²) in [4.78, 5) is 41.4. The van der Waals surface area contributed by atoms with Gasteiger partial charge in [0.2, 0.25) is 0 Å². The fraction of sp³-hybridized carbons (Fsp3) is 0.778. The number of rotatable bonds is 24. The van der Waals surface area contributed by atoms with E-state index in [-0.39, 0.29) is 23.9 Å². The first-order valence-corrected chi connectivity index (χ1v) is 17.3. The van der Waals surface area contributed by atoms with Crippen LogP contribution in [0.3, 0.4) is 0 Å². The van der Waals surface area contributed by atoms with Crippen molar-refractivity contribution in [1.82, 2.24) is 0 Å². The molecule has 262 valence electrons. The summed E-state index contributed by atoms with van der Waals surface area (Å²) in [5.41, 5.74) is 0. The van der Waals surface area contributed by atoms with Crippen molar-refractivity contribution in [3.63, 3.8) is 0 Å². The third-order valence-corrected chi connectivity index (χ3v) is 6.11. The second-order valence-electron chi connectivity index (χ2n) is 10.6. The predicted molar refractivity (Wildman–Crippen MR) is 182 cm³/mol. The van der Waals surface area contributed by atoms with Crippen molar-refractivity contribution in [3.05, 3.63) is 24.3 Å². The van der Waals surface area contributed by atoms with Gasteiger partial charge < -0.3 is 29.3 Å². The Balaban J connectivity index is -0.000000162. The van der Waals surface area contributed by atoms with Gasteiger partial charge in [-0.1, -0.05) is 157 Å². The van der Waals surface area contributed by atoms with E-state index in [1.807, 2.05) is 0 Å². The van der Waals surface area contributed by atoms with Gasteiger partial charge in [0.1, 0.15) is 0 Å². The van der Waals surface area contributed by atoms with Crippen molar-refractivity contribution in [2.24, 2.45) is 0 Å². The van der Waals surface area contributed by atoms with Crippen LogP contribution in [-0.2, 0) is 28.7 Å². The average Bonchev–Trinajstić information content (AvgIpc) is 3.00. The normalized spacial score (nSPS) is 9.91. The van der Waals surface area contributed by atoms with Gasteiger partial charge in [-0.15, -0.1) is 0 Å². The maximum absolute atomic E-state index is 10.8. The van der Waals surface area contributed by atoms with Crippen molar-refractivity contribution in [2.75, 3.05) is 13.2 Å². The first-order valence-electron chi connectivity index (χ1n) is 17.3. The molecule has 0 saturated carbocycles. The van der Waals surface area contributed by atoms with Crippen molar-refractivity contribution >= 4 is 47.8 Å². The Morgan fingerprint density at radius 2 is 0.622 bits per heavy atom. The number of carbonyl (C=O) groups is 4. The maximum atomic E-state index is 10.8. The molecule has 0 atom stereocenters. The molecule has 0 rings (SSSR count). The molecule has 0 spiro atoms. The summed E-state index contributed by atoms with van der Waals surface area (Å²) in [6.45, 7) is 13.9. The fourth-order valence-electron chi connectivity index (χ4n) is 3.48. The molecule has 0 bridgehead atoms. The zero-order chi connectivity index (χ0) is 34.1. The van der Waals surface area contributed by atoms with Gasteiger partial charge in [0.05, 0.1) is 25.2 Å². The van der Waals surface area contributed by atoms with Gasteiger partial charge in [0.15, 0.2) is 0 Å². The van der Waals surface area contributed by atoms with Crippen molar-refractivity contribution in [3.8, 4) is 0 Å². The Kier molecular flexibility index (Phi) is 57.4. The quantitative estimate of drug-likeness (QED) is 0.0439. The average molecular weight is 746 g/mol. The summed E-state index contributed by atoms with van der Waals surface area (Å²) in [7, 11) is 0. The molecule has 8 nitrogen and oxygen atoms in total. The number of esters is 2. The molecule has 0 unspecified atom stereocenters.